The first-order valence-electron chi connectivity index (χ1n) is 13.4. The summed E-state index contributed by atoms with van der Waals surface area (Å²) in [6, 6.07) is 7.48. The molecule has 5 heterocycles. The number of ether oxygens (including phenoxy) is 2. The zero-order valence-corrected chi connectivity index (χ0v) is 22.7. The van der Waals surface area contributed by atoms with Gasteiger partial charge in [-0.05, 0) is 49.1 Å². The van der Waals surface area contributed by atoms with Crippen LogP contribution in [0.15, 0.2) is 36.5 Å². The molecular formula is C28H27ClF2N6O4. The van der Waals surface area contributed by atoms with E-state index in [4.69, 9.17) is 26.1 Å². The van der Waals surface area contributed by atoms with Crippen LogP contribution in [0.5, 0.6) is 5.88 Å². The van der Waals surface area contributed by atoms with E-state index in [-0.39, 0.29) is 41.0 Å². The maximum atomic E-state index is 14.5. The highest BCUT2D eigenvalue weighted by Gasteiger charge is 2.27. The number of piperidine rings is 1. The fourth-order valence-electron chi connectivity index (χ4n) is 5.04. The Morgan fingerprint density at radius 1 is 1.10 bits per heavy atom. The van der Waals surface area contributed by atoms with Crippen LogP contribution in [0.3, 0.4) is 0 Å². The summed E-state index contributed by atoms with van der Waals surface area (Å²) < 4.78 is 42.2. The Labute approximate surface area is 238 Å². The molecule has 3 aromatic heterocycles. The molecule has 13 heteroatoms. The molecule has 0 aliphatic carbocycles. The van der Waals surface area contributed by atoms with Crippen LogP contribution in [0.1, 0.15) is 47.0 Å². The third-order valence-corrected chi connectivity index (χ3v) is 7.61. The van der Waals surface area contributed by atoms with Gasteiger partial charge in [0.1, 0.15) is 29.1 Å². The summed E-state index contributed by atoms with van der Waals surface area (Å²) >= 11 is 5.82. The Bertz CT molecular complexity index is 1590. The number of carboxylic acids is 1. The molecule has 2 aliphatic heterocycles. The summed E-state index contributed by atoms with van der Waals surface area (Å²) in [5.74, 6) is -1.36. The van der Waals surface area contributed by atoms with Gasteiger partial charge in [0.2, 0.25) is 5.82 Å². The molecule has 41 heavy (non-hydrogen) atoms. The molecule has 1 aromatic carbocycles. The maximum Gasteiger partial charge on any atom is 0.354 e. The van der Waals surface area contributed by atoms with Crippen molar-refractivity contribution in [3.05, 3.63) is 76.1 Å². The number of fused-ring (bicyclic) bond motifs is 1. The number of carbonyl (C=O) groups is 1. The van der Waals surface area contributed by atoms with Crippen molar-refractivity contribution in [2.45, 2.75) is 51.0 Å². The van der Waals surface area contributed by atoms with E-state index in [1.54, 1.807) is 18.2 Å². The van der Waals surface area contributed by atoms with Gasteiger partial charge in [-0.25, -0.2) is 24.1 Å². The highest BCUT2D eigenvalue weighted by atomic mass is 35.5. The van der Waals surface area contributed by atoms with Crippen LogP contribution < -0.4 is 4.74 Å². The molecule has 2 fully saturated rings. The van der Waals surface area contributed by atoms with E-state index in [2.05, 4.69) is 19.9 Å². The van der Waals surface area contributed by atoms with Gasteiger partial charge < -0.3 is 19.1 Å². The molecule has 4 aromatic rings. The number of carboxylic acid groups (broad SMARTS) is 1. The minimum atomic E-state index is -1.09. The third-order valence-electron chi connectivity index (χ3n) is 7.37. The normalized spacial score (nSPS) is 18.0. The van der Waals surface area contributed by atoms with E-state index in [9.17, 15) is 18.7 Å². The molecule has 10 nitrogen and oxygen atoms in total. The first-order valence-corrected chi connectivity index (χ1v) is 13.8. The van der Waals surface area contributed by atoms with E-state index in [0.29, 0.717) is 62.4 Å². The highest BCUT2D eigenvalue weighted by molar-refractivity contribution is 6.30. The van der Waals surface area contributed by atoms with E-state index in [0.717, 1.165) is 18.4 Å². The van der Waals surface area contributed by atoms with Gasteiger partial charge in [0.25, 0.3) is 5.88 Å². The Kier molecular flexibility index (Phi) is 7.78. The van der Waals surface area contributed by atoms with Crippen LogP contribution in [0.25, 0.3) is 11.2 Å². The first-order chi connectivity index (χ1) is 19.8. The maximum absolute atomic E-state index is 14.5. The molecule has 0 radical (unpaired) electrons. The van der Waals surface area contributed by atoms with Crippen molar-refractivity contribution in [2.24, 2.45) is 0 Å². The lowest BCUT2D eigenvalue weighted by molar-refractivity contribution is -0.0593. The fraction of sp³-hybridized carbons (Fsp3) is 0.393. The zero-order chi connectivity index (χ0) is 28.5. The summed E-state index contributed by atoms with van der Waals surface area (Å²) in [6.07, 6.45) is 3.11. The summed E-state index contributed by atoms with van der Waals surface area (Å²) in [6.45, 7) is 3.16. The monoisotopic (exact) mass is 584 g/mol. The van der Waals surface area contributed by atoms with Crippen LogP contribution in [0, 0.1) is 11.6 Å². The van der Waals surface area contributed by atoms with Gasteiger partial charge in [-0.1, -0.05) is 17.7 Å². The number of nitrogens with zero attached hydrogens (tertiary/aromatic N) is 6. The second kappa shape index (κ2) is 11.6. The zero-order valence-electron chi connectivity index (χ0n) is 22.0. The van der Waals surface area contributed by atoms with Crippen LogP contribution >= 0.6 is 11.6 Å². The Morgan fingerprint density at radius 3 is 2.61 bits per heavy atom. The van der Waals surface area contributed by atoms with Crippen molar-refractivity contribution < 1.29 is 28.2 Å². The highest BCUT2D eigenvalue weighted by Crippen LogP contribution is 2.25. The van der Waals surface area contributed by atoms with Crippen molar-refractivity contribution in [3.8, 4) is 5.88 Å². The molecule has 2 aliphatic rings. The molecular weight excluding hydrogens is 558 g/mol. The van der Waals surface area contributed by atoms with Gasteiger partial charge in [-0.3, -0.25) is 4.90 Å². The lowest BCUT2D eigenvalue weighted by Crippen LogP contribution is -2.39. The van der Waals surface area contributed by atoms with Gasteiger partial charge >= 0.3 is 5.97 Å². The molecule has 1 atom stereocenters. The van der Waals surface area contributed by atoms with Gasteiger partial charge in [0, 0.05) is 31.1 Å². The molecule has 214 valence electrons. The molecule has 0 saturated carbocycles. The second-order valence-corrected chi connectivity index (χ2v) is 10.6. The quantitative estimate of drug-likeness (QED) is 0.308. The number of aromatic carboxylic acids is 1. The van der Waals surface area contributed by atoms with Gasteiger partial charge in [-0.15, -0.1) is 0 Å². The average molecular weight is 585 g/mol. The molecule has 0 amide bonds. The van der Waals surface area contributed by atoms with E-state index >= 15 is 0 Å². The van der Waals surface area contributed by atoms with E-state index < -0.39 is 17.6 Å². The molecule has 2 saturated heterocycles. The Hall–Kier alpha value is -3.74. The number of hydrogen-bond acceptors (Lipinski definition) is 8. The molecule has 6 rings (SSSR count). The predicted octanol–water partition coefficient (Wildman–Crippen LogP) is 4.27. The molecule has 0 spiro atoms. The second-order valence-electron chi connectivity index (χ2n) is 10.2. The standard InChI is InChI=1S/C28H27ClF2N6O4/c29-17-2-1-16(20(30)12-17)11-24-32-13-21(31)27(35-24)41-18-5-8-36(9-6-18)15-25-33-22-3-4-23(28(38)39)34-26(22)37(25)14-19-7-10-40-19/h1-4,12-13,18-19H,5-11,14-15H2,(H,38,39). The van der Waals surface area contributed by atoms with Crippen molar-refractivity contribution >= 4 is 28.7 Å². The first kappa shape index (κ1) is 27.4. The minimum absolute atomic E-state index is 0.0314. The van der Waals surface area contributed by atoms with Crippen LogP contribution in [0.4, 0.5) is 8.78 Å². The van der Waals surface area contributed by atoms with Crippen molar-refractivity contribution in [2.75, 3.05) is 19.7 Å². The summed E-state index contributed by atoms with van der Waals surface area (Å²) in [7, 11) is 0. The lowest BCUT2D eigenvalue weighted by Gasteiger charge is -2.32. The molecule has 0 bridgehead atoms. The van der Waals surface area contributed by atoms with Gasteiger partial charge in [-0.2, -0.15) is 9.37 Å². The van der Waals surface area contributed by atoms with E-state index in [1.807, 2.05) is 4.57 Å². The number of benzene rings is 1. The Balaban J connectivity index is 1.11. The summed E-state index contributed by atoms with van der Waals surface area (Å²) in [5.41, 5.74) is 1.49. The predicted molar refractivity (Wildman–Crippen MR) is 144 cm³/mol. The third kappa shape index (κ3) is 6.14. The Morgan fingerprint density at radius 2 is 1.90 bits per heavy atom. The number of likely N-dealkylation sites (tertiary alicyclic amines) is 1. The topological polar surface area (TPSA) is 115 Å². The summed E-state index contributed by atoms with van der Waals surface area (Å²) in [4.78, 5) is 31.0. The number of aromatic nitrogens is 5. The smallest absolute Gasteiger partial charge is 0.354 e. The molecule has 1 unspecified atom stereocenters. The fourth-order valence-corrected chi connectivity index (χ4v) is 5.20. The molecule has 1 N–H and O–H groups in total. The largest absolute Gasteiger partial charge is 0.477 e. The van der Waals surface area contributed by atoms with Crippen LogP contribution in [0.2, 0.25) is 5.02 Å². The minimum Gasteiger partial charge on any atom is -0.477 e. The van der Waals surface area contributed by atoms with Crippen molar-refractivity contribution in [1.29, 1.82) is 0 Å². The van der Waals surface area contributed by atoms with Crippen LogP contribution in [-0.4, -0.2) is 72.4 Å². The number of rotatable bonds is 9. The van der Waals surface area contributed by atoms with Gasteiger partial charge in [0.05, 0.1) is 25.4 Å². The van der Waals surface area contributed by atoms with E-state index in [1.165, 1.54) is 12.1 Å². The summed E-state index contributed by atoms with van der Waals surface area (Å²) in [5, 5.41) is 9.69. The lowest BCUT2D eigenvalue weighted by atomic mass is 10.1. The van der Waals surface area contributed by atoms with Crippen molar-refractivity contribution in [3.63, 3.8) is 0 Å². The average Bonchev–Trinajstić information content (AvgIpc) is 3.26. The van der Waals surface area contributed by atoms with Crippen molar-refractivity contribution in [1.82, 2.24) is 29.4 Å². The van der Waals surface area contributed by atoms with Gasteiger partial charge in [0.15, 0.2) is 11.3 Å². The number of imidazole rings is 1. The van der Waals surface area contributed by atoms with Crippen LogP contribution in [-0.2, 0) is 24.2 Å². The number of pyridine rings is 1. The number of halogens is 3. The number of hydrogen-bond donors (Lipinski definition) is 1. The SMILES string of the molecule is O=C(O)c1ccc2nc(CN3CCC(Oc4nc(Cc5ccc(Cl)cc5F)ncc4F)CC3)n(CC3CCO3)c2n1.